The molecule has 0 saturated heterocycles. The molecule has 0 aliphatic carbocycles. The Balaban J connectivity index is -0.0000000300. The van der Waals surface area contributed by atoms with E-state index in [0.717, 1.165) is 0 Å². The molecule has 0 rings (SSSR count). The summed E-state index contributed by atoms with van der Waals surface area (Å²) in [6.07, 6.45) is 0. The van der Waals surface area contributed by atoms with Gasteiger partial charge in [-0.15, -0.1) is 0 Å². The fourth-order valence-electron chi connectivity index (χ4n) is 0. The third-order valence-electron chi connectivity index (χ3n) is 0. The summed E-state index contributed by atoms with van der Waals surface area (Å²) in [5.41, 5.74) is 0. The van der Waals surface area contributed by atoms with E-state index < -0.39 is 10.2 Å². The quantitative estimate of drug-likeness (QED) is 0.283. The summed E-state index contributed by atoms with van der Waals surface area (Å²) in [6.45, 7) is 0. The van der Waals surface area contributed by atoms with Crippen LogP contribution in [0.15, 0.2) is 0 Å². The molecule has 0 amide bonds. The molecule has 0 aromatic heterocycles. The van der Waals surface area contributed by atoms with E-state index in [0.29, 0.717) is 0 Å². The third kappa shape index (κ3) is 58500. The van der Waals surface area contributed by atoms with E-state index in [1.54, 1.807) is 0 Å². The van der Waals surface area contributed by atoms with Gasteiger partial charge in [-0.05, 0) is 0 Å². The second-order valence-corrected chi connectivity index (χ2v) is 0.447. The second kappa shape index (κ2) is 16.0. The topological polar surface area (TPSA) is 132 Å². The van der Waals surface area contributed by atoms with Gasteiger partial charge in [0.25, 0.3) is 0 Å². The van der Waals surface area contributed by atoms with Gasteiger partial charge in [-0.2, -0.15) is 0 Å². The fourth-order valence-corrected chi connectivity index (χ4v) is 0. The molecule has 0 unspecified atom stereocenters. The van der Waals surface area contributed by atoms with E-state index in [9.17, 15) is 0 Å². The van der Waals surface area contributed by atoms with Gasteiger partial charge in [0.1, 0.15) is 0 Å². The zero-order valence-corrected chi connectivity index (χ0v) is 4.59. The molecule has 0 spiro atoms. The molecule has 0 N–H and O–H groups in total. The van der Waals surface area contributed by atoms with Crippen molar-refractivity contribution >= 4 is 29.6 Å². The predicted octanol–water partition coefficient (Wildman–Crippen LogP) is -1.13. The molecule has 1 radical (unpaired) electrons. The van der Waals surface area contributed by atoms with Gasteiger partial charge in [0.05, 0.1) is 10.2 Å². The summed E-state index contributed by atoms with van der Waals surface area (Å²) in [6, 6.07) is 0. The van der Waals surface area contributed by atoms with Crippen molar-refractivity contribution < 1.29 is 27.2 Å². The first-order valence-electron chi connectivity index (χ1n) is 1.10. The minimum absolute atomic E-state index is 0. The minimum atomic E-state index is -1.75. The Bertz CT molecular complexity index is 73.7. The van der Waals surface area contributed by atoms with Crippen molar-refractivity contribution in [2.75, 3.05) is 0 Å². The summed E-state index contributed by atoms with van der Waals surface area (Å²) >= 11 is 0. The molecule has 0 heterocycles. The van der Waals surface area contributed by atoms with Gasteiger partial charge in [0.2, 0.25) is 0 Å². The van der Waals surface area contributed by atoms with Crippen LogP contribution in [0.4, 0.5) is 0 Å². The molecular weight excluding hydrogens is 211 g/mol. The molecule has 10 heteroatoms. The Morgan fingerprint density at radius 1 is 0.800 bits per heavy atom. The Labute approximate surface area is 87.2 Å². The number of nitrogens with zero attached hydrogens (tertiary/aromatic N) is 2. The van der Waals surface area contributed by atoms with E-state index in [-0.39, 0.29) is 46.6 Å². The maximum absolute atomic E-state index is 8.25. The summed E-state index contributed by atoms with van der Waals surface area (Å²) in [7, 11) is 0. The molecule has 59 valence electrons. The molecule has 0 bridgehead atoms. The van der Waals surface area contributed by atoms with Gasteiger partial charge in [-0.25, -0.2) is 0 Å². The van der Waals surface area contributed by atoms with Crippen LogP contribution in [0, 0.1) is 30.6 Å². The van der Waals surface area contributed by atoms with Crippen LogP contribution in [-0.4, -0.2) is 39.7 Å². The third-order valence-corrected chi connectivity index (χ3v) is 0. The van der Waals surface area contributed by atoms with Crippen molar-refractivity contribution in [3.8, 4) is 0 Å². The molecule has 8 nitrogen and oxygen atoms in total. The summed E-state index contributed by atoms with van der Waals surface area (Å²) < 4.78 is 0. The van der Waals surface area contributed by atoms with Gasteiger partial charge in [0, 0.05) is 0 Å². The Hall–Kier alpha value is -0.0805. The van der Waals surface area contributed by atoms with Crippen molar-refractivity contribution in [2.24, 2.45) is 0 Å². The van der Waals surface area contributed by atoms with Crippen molar-refractivity contribution in [3.63, 3.8) is 0 Å². The normalized spacial score (nSPS) is 4.80. The molecule has 0 aliphatic heterocycles. The number of rotatable bonds is 0. The Kier molecular flexibility index (Phi) is 36.0. The van der Waals surface area contributed by atoms with Crippen LogP contribution in [0.5, 0.6) is 0 Å². The molecule has 0 aliphatic rings. The molecule has 0 saturated carbocycles. The van der Waals surface area contributed by atoms with Crippen LogP contribution in [0.1, 0.15) is 0 Å². The summed E-state index contributed by atoms with van der Waals surface area (Å²) in [5.74, 6) is 0. The first-order chi connectivity index (χ1) is 3.46. The first-order valence-corrected chi connectivity index (χ1v) is 1.10. The van der Waals surface area contributed by atoms with Crippen LogP contribution in [0.2, 0.25) is 0 Å². The van der Waals surface area contributed by atoms with Crippen LogP contribution < -0.4 is 0 Å². The summed E-state index contributed by atoms with van der Waals surface area (Å²) in [4.78, 5) is 16.5. The van der Waals surface area contributed by atoms with Crippen LogP contribution in [0.3, 0.4) is 0 Å². The monoisotopic (exact) mass is 211 g/mol. The molecule has 0 aromatic rings. The Morgan fingerprint density at radius 3 is 0.800 bits per heavy atom. The summed E-state index contributed by atoms with van der Waals surface area (Å²) in [5, 5.41) is 29.5. The van der Waals surface area contributed by atoms with E-state index >= 15 is 0 Å². The van der Waals surface area contributed by atoms with Gasteiger partial charge in [0.15, 0.2) is 0 Å². The van der Waals surface area contributed by atoms with E-state index in [2.05, 4.69) is 0 Å². The average molecular weight is 212 g/mol. The molecular formula is HCuN2NaO6. The first kappa shape index (κ1) is 22.5. The molecule has 0 aromatic carbocycles. The predicted molar refractivity (Wildman–Crippen MR) is 27.9 cm³/mol. The van der Waals surface area contributed by atoms with Crippen molar-refractivity contribution in [1.82, 2.24) is 0 Å². The van der Waals surface area contributed by atoms with E-state index in [4.69, 9.17) is 30.6 Å². The number of hydrogen-bond donors (Lipinski definition) is 0. The zero-order chi connectivity index (χ0) is 7.15. The zero-order valence-electron chi connectivity index (χ0n) is 3.65. The van der Waals surface area contributed by atoms with E-state index in [1.165, 1.54) is 0 Å². The molecule has 0 atom stereocenters. The maximum atomic E-state index is 8.25. The SMILES string of the molecule is O=[N+]([O-])[O-].O=[N+]([O-])[O-].[Cu+2].[NaH]. The van der Waals surface area contributed by atoms with Gasteiger partial charge in [-0.3, -0.25) is 0 Å². The van der Waals surface area contributed by atoms with Crippen molar-refractivity contribution in [3.05, 3.63) is 30.6 Å². The van der Waals surface area contributed by atoms with Gasteiger partial charge >= 0.3 is 46.6 Å². The average Bonchev–Trinajstić information content (AvgIpc) is 1.25. The molecule has 10 heavy (non-hydrogen) atoms. The van der Waals surface area contributed by atoms with Crippen molar-refractivity contribution in [1.29, 1.82) is 0 Å². The van der Waals surface area contributed by atoms with Crippen LogP contribution in [0.25, 0.3) is 0 Å². The van der Waals surface area contributed by atoms with Crippen LogP contribution >= 0.6 is 0 Å². The van der Waals surface area contributed by atoms with Crippen molar-refractivity contribution in [2.45, 2.75) is 0 Å². The molecule has 0 fully saturated rings. The standard InChI is InChI=1S/Cu.2NO3.Na.H/c;2*2-1(3)4;;/q+2;2*-1;;. The fraction of sp³-hybridized carbons (Fsp3) is 0. The van der Waals surface area contributed by atoms with Crippen LogP contribution in [-0.2, 0) is 17.1 Å². The van der Waals surface area contributed by atoms with Gasteiger partial charge in [-0.1, -0.05) is 0 Å². The second-order valence-electron chi connectivity index (χ2n) is 0.447. The number of hydrogen-bond acceptors (Lipinski definition) is 6. The van der Waals surface area contributed by atoms with E-state index in [1.807, 2.05) is 0 Å². The Morgan fingerprint density at radius 2 is 0.800 bits per heavy atom. The van der Waals surface area contributed by atoms with Gasteiger partial charge < -0.3 is 30.6 Å².